The van der Waals surface area contributed by atoms with Gasteiger partial charge in [0.05, 0.1) is 6.54 Å². The monoisotopic (exact) mass is 332 g/mol. The van der Waals surface area contributed by atoms with Crippen LogP contribution < -0.4 is 16.0 Å². The van der Waals surface area contributed by atoms with Crippen molar-refractivity contribution in [2.75, 3.05) is 45.2 Å². The van der Waals surface area contributed by atoms with Crippen molar-refractivity contribution >= 4 is 17.5 Å². The van der Waals surface area contributed by atoms with E-state index in [1.165, 1.54) is 11.3 Å². The Labute approximate surface area is 144 Å². The van der Waals surface area contributed by atoms with Gasteiger partial charge < -0.3 is 16.0 Å². The van der Waals surface area contributed by atoms with Gasteiger partial charge in [0.15, 0.2) is 0 Å². The number of primary amides is 1. The molecule has 0 aliphatic carbocycles. The largest absolute Gasteiger partial charge is 0.378 e. The Morgan fingerprint density at radius 1 is 1.21 bits per heavy atom. The Kier molecular flexibility index (Phi) is 6.61. The van der Waals surface area contributed by atoms with Crippen LogP contribution in [0.15, 0.2) is 24.3 Å². The van der Waals surface area contributed by atoms with Gasteiger partial charge in [0, 0.05) is 32.2 Å². The summed E-state index contributed by atoms with van der Waals surface area (Å²) >= 11 is 0. The van der Waals surface area contributed by atoms with E-state index in [1.54, 1.807) is 0 Å². The third kappa shape index (κ3) is 5.53. The lowest BCUT2D eigenvalue weighted by Crippen LogP contribution is -2.43. The van der Waals surface area contributed by atoms with E-state index in [4.69, 9.17) is 5.73 Å². The second kappa shape index (κ2) is 8.68. The molecule has 0 aromatic heterocycles. The van der Waals surface area contributed by atoms with Crippen LogP contribution >= 0.6 is 0 Å². The molecule has 24 heavy (non-hydrogen) atoms. The maximum Gasteiger partial charge on any atom is 0.231 e. The van der Waals surface area contributed by atoms with Gasteiger partial charge in [-0.25, -0.2) is 0 Å². The first-order chi connectivity index (χ1) is 11.5. The molecular weight excluding hydrogens is 304 g/mol. The van der Waals surface area contributed by atoms with Crippen molar-refractivity contribution < 1.29 is 9.59 Å². The number of nitrogens with zero attached hydrogens (tertiary/aromatic N) is 2. The van der Waals surface area contributed by atoms with Crippen molar-refractivity contribution in [1.82, 2.24) is 10.2 Å². The molecule has 0 atom stereocenters. The summed E-state index contributed by atoms with van der Waals surface area (Å²) in [4.78, 5) is 27.2. The summed E-state index contributed by atoms with van der Waals surface area (Å²) in [6.07, 6.45) is 2.41. The number of nitrogens with one attached hydrogen (secondary N) is 1. The molecule has 1 heterocycles. The molecule has 0 unspecified atom stereocenters. The van der Waals surface area contributed by atoms with Crippen LogP contribution in [0.1, 0.15) is 18.4 Å². The molecule has 3 N–H and O–H groups in total. The predicted molar refractivity (Wildman–Crippen MR) is 95.8 cm³/mol. The zero-order valence-corrected chi connectivity index (χ0v) is 14.6. The molecule has 2 rings (SSSR count). The summed E-state index contributed by atoms with van der Waals surface area (Å²) in [5.74, 6) is -0.137. The smallest absolute Gasteiger partial charge is 0.231 e. The van der Waals surface area contributed by atoms with Crippen molar-refractivity contribution in [3.63, 3.8) is 0 Å². The molecule has 2 amide bonds. The molecular formula is C18H28N4O2. The fourth-order valence-corrected chi connectivity index (χ4v) is 3.01. The average molecular weight is 332 g/mol. The predicted octanol–water partition coefficient (Wildman–Crippen LogP) is 0.609. The highest BCUT2D eigenvalue weighted by molar-refractivity contribution is 5.79. The lowest BCUT2D eigenvalue weighted by Gasteiger charge is -2.30. The molecule has 1 saturated heterocycles. The summed E-state index contributed by atoms with van der Waals surface area (Å²) in [7, 11) is 4.04. The highest BCUT2D eigenvalue weighted by atomic mass is 16.2. The van der Waals surface area contributed by atoms with E-state index in [0.29, 0.717) is 6.54 Å². The van der Waals surface area contributed by atoms with Crippen LogP contribution in [0.5, 0.6) is 0 Å². The third-order valence-electron chi connectivity index (χ3n) is 4.50. The fraction of sp³-hybridized carbons (Fsp3) is 0.556. The van der Waals surface area contributed by atoms with Crippen molar-refractivity contribution in [1.29, 1.82) is 0 Å². The minimum Gasteiger partial charge on any atom is -0.378 e. The van der Waals surface area contributed by atoms with Crippen LogP contribution in [0.2, 0.25) is 0 Å². The maximum atomic E-state index is 12.2. The number of piperidine rings is 1. The highest BCUT2D eigenvalue weighted by Crippen LogP contribution is 2.17. The molecule has 1 aromatic rings. The van der Waals surface area contributed by atoms with Gasteiger partial charge in [-0.1, -0.05) is 12.1 Å². The summed E-state index contributed by atoms with van der Waals surface area (Å²) < 4.78 is 0. The molecule has 6 heteroatoms. The number of rotatable bonds is 7. The van der Waals surface area contributed by atoms with Gasteiger partial charge in [-0.2, -0.15) is 0 Å². The minimum atomic E-state index is -0.307. The Hall–Kier alpha value is -2.08. The second-order valence-electron chi connectivity index (χ2n) is 6.62. The summed E-state index contributed by atoms with van der Waals surface area (Å²) in [6.45, 7) is 2.46. The second-order valence-corrected chi connectivity index (χ2v) is 6.62. The number of carbonyl (C=O) groups excluding carboxylic acids is 2. The molecule has 0 bridgehead atoms. The number of amides is 2. The van der Waals surface area contributed by atoms with E-state index in [9.17, 15) is 9.59 Å². The molecule has 0 spiro atoms. The first kappa shape index (κ1) is 18.3. The number of hydrogen-bond donors (Lipinski definition) is 2. The number of hydrogen-bond acceptors (Lipinski definition) is 4. The average Bonchev–Trinajstić information content (AvgIpc) is 2.55. The van der Waals surface area contributed by atoms with Gasteiger partial charge in [-0.15, -0.1) is 0 Å². The fourth-order valence-electron chi connectivity index (χ4n) is 3.01. The number of benzene rings is 1. The van der Waals surface area contributed by atoms with Crippen LogP contribution in [-0.4, -0.2) is 57.0 Å². The first-order valence-electron chi connectivity index (χ1n) is 8.50. The Morgan fingerprint density at radius 3 is 2.38 bits per heavy atom. The summed E-state index contributed by atoms with van der Waals surface area (Å²) in [6, 6.07) is 8.38. The highest BCUT2D eigenvalue weighted by Gasteiger charge is 2.25. The van der Waals surface area contributed by atoms with Crippen LogP contribution in [0, 0.1) is 5.92 Å². The lowest BCUT2D eigenvalue weighted by molar-refractivity contribution is -0.126. The number of likely N-dealkylation sites (tertiary alicyclic amines) is 1. The maximum absolute atomic E-state index is 12.2. The van der Waals surface area contributed by atoms with Gasteiger partial charge >= 0.3 is 0 Å². The van der Waals surface area contributed by atoms with Gasteiger partial charge in [-0.05, 0) is 50.0 Å². The third-order valence-corrected chi connectivity index (χ3v) is 4.50. The zero-order chi connectivity index (χ0) is 17.5. The van der Waals surface area contributed by atoms with E-state index in [1.807, 2.05) is 19.0 Å². The van der Waals surface area contributed by atoms with E-state index in [2.05, 4.69) is 34.5 Å². The van der Waals surface area contributed by atoms with Crippen molar-refractivity contribution in [3.05, 3.63) is 29.8 Å². The number of nitrogens with two attached hydrogens (primary N) is 1. The molecule has 6 nitrogen and oxygen atoms in total. The van der Waals surface area contributed by atoms with Gasteiger partial charge in [-0.3, -0.25) is 14.5 Å². The van der Waals surface area contributed by atoms with Crippen LogP contribution in [-0.2, 0) is 16.0 Å². The van der Waals surface area contributed by atoms with Crippen LogP contribution in [0.4, 0.5) is 5.69 Å². The van der Waals surface area contributed by atoms with E-state index < -0.39 is 0 Å². The normalized spacial score (nSPS) is 15.9. The molecule has 0 radical (unpaired) electrons. The van der Waals surface area contributed by atoms with Crippen LogP contribution in [0.3, 0.4) is 0 Å². The Balaban J connectivity index is 1.69. The van der Waals surface area contributed by atoms with Crippen LogP contribution in [0.25, 0.3) is 0 Å². The standard InChI is InChI=1S/C18H28N4O2/c1-21(2)16-5-3-14(4-6-16)7-10-20-18(24)15-8-11-22(12-9-15)13-17(19)23/h3-6,15H,7-13H2,1-2H3,(H2,19,23)(H,20,24). The molecule has 132 valence electrons. The Morgan fingerprint density at radius 2 is 1.83 bits per heavy atom. The van der Waals surface area contributed by atoms with E-state index in [0.717, 1.165) is 32.4 Å². The van der Waals surface area contributed by atoms with E-state index in [-0.39, 0.29) is 24.3 Å². The Bertz CT molecular complexity index is 549. The van der Waals surface area contributed by atoms with Crippen molar-refractivity contribution in [2.45, 2.75) is 19.3 Å². The summed E-state index contributed by atoms with van der Waals surface area (Å²) in [5.41, 5.74) is 7.59. The SMILES string of the molecule is CN(C)c1ccc(CCNC(=O)C2CCN(CC(N)=O)CC2)cc1. The molecule has 0 saturated carbocycles. The molecule has 1 fully saturated rings. The van der Waals surface area contributed by atoms with Gasteiger partial charge in [0.25, 0.3) is 0 Å². The number of carbonyl (C=O) groups is 2. The van der Waals surface area contributed by atoms with Crippen molar-refractivity contribution in [3.8, 4) is 0 Å². The van der Waals surface area contributed by atoms with E-state index >= 15 is 0 Å². The topological polar surface area (TPSA) is 78.7 Å². The lowest BCUT2D eigenvalue weighted by atomic mass is 9.96. The molecule has 1 aliphatic heterocycles. The van der Waals surface area contributed by atoms with Crippen molar-refractivity contribution in [2.24, 2.45) is 11.7 Å². The molecule has 1 aromatic carbocycles. The summed E-state index contributed by atoms with van der Waals surface area (Å²) in [5, 5.41) is 3.03. The first-order valence-corrected chi connectivity index (χ1v) is 8.50. The zero-order valence-electron chi connectivity index (χ0n) is 14.6. The number of anilines is 1. The minimum absolute atomic E-state index is 0.0465. The van der Waals surface area contributed by atoms with Gasteiger partial charge in [0.2, 0.25) is 11.8 Å². The quantitative estimate of drug-likeness (QED) is 0.767. The molecule has 1 aliphatic rings. The van der Waals surface area contributed by atoms with Gasteiger partial charge in [0.1, 0.15) is 0 Å².